The minimum atomic E-state index is -0.973. The summed E-state index contributed by atoms with van der Waals surface area (Å²) in [4.78, 5) is 26.0. The SMILES string of the molecule is N#CC1(c2ccccc2)CCN(C(CC(N)=O)C2C=C(C(=O)O)c3ccccc32)CC1. The molecule has 1 amide bonds. The lowest BCUT2D eigenvalue weighted by atomic mass is 9.73. The number of piperidine rings is 1. The molecule has 1 fully saturated rings. The van der Waals surface area contributed by atoms with Gasteiger partial charge in [0.25, 0.3) is 0 Å². The predicted octanol–water partition coefficient (Wildman–Crippen LogP) is 3.05. The van der Waals surface area contributed by atoms with Gasteiger partial charge in [-0.05, 0) is 29.5 Å². The molecule has 0 spiro atoms. The molecule has 2 aromatic rings. The average Bonchev–Trinajstić information content (AvgIpc) is 3.18. The van der Waals surface area contributed by atoms with Crippen LogP contribution in [-0.4, -0.2) is 41.0 Å². The Bertz CT molecular complexity index is 1060. The van der Waals surface area contributed by atoms with Gasteiger partial charge in [-0.3, -0.25) is 9.69 Å². The number of rotatable bonds is 6. The Morgan fingerprint density at radius 2 is 1.77 bits per heavy atom. The summed E-state index contributed by atoms with van der Waals surface area (Å²) in [6, 6.07) is 19.6. The fourth-order valence-corrected chi connectivity index (χ4v) is 5.05. The zero-order chi connectivity index (χ0) is 22.0. The molecule has 2 atom stereocenters. The standard InChI is InChI=1S/C25H25N3O3/c26-16-25(17-6-2-1-3-7-17)10-12-28(13-11-25)22(15-23(27)29)20-14-21(24(30)31)19-9-5-4-8-18(19)20/h1-9,14,20,22H,10-13,15H2,(H2,27,29)(H,30,31). The molecule has 1 saturated heterocycles. The van der Waals surface area contributed by atoms with Crippen molar-refractivity contribution in [3.05, 3.63) is 77.4 Å². The first-order chi connectivity index (χ1) is 14.9. The van der Waals surface area contributed by atoms with E-state index in [1.54, 1.807) is 6.08 Å². The van der Waals surface area contributed by atoms with Gasteiger partial charge in [0.1, 0.15) is 0 Å². The van der Waals surface area contributed by atoms with Crippen molar-refractivity contribution in [3.8, 4) is 6.07 Å². The van der Waals surface area contributed by atoms with Gasteiger partial charge in [0, 0.05) is 31.5 Å². The highest BCUT2D eigenvalue weighted by Crippen LogP contribution is 2.43. The van der Waals surface area contributed by atoms with Crippen molar-refractivity contribution in [1.29, 1.82) is 5.26 Å². The van der Waals surface area contributed by atoms with Crippen LogP contribution in [0.1, 0.15) is 41.9 Å². The summed E-state index contributed by atoms with van der Waals surface area (Å²) in [7, 11) is 0. The molecule has 1 aliphatic heterocycles. The van der Waals surface area contributed by atoms with Gasteiger partial charge in [-0.25, -0.2) is 4.79 Å². The maximum Gasteiger partial charge on any atom is 0.336 e. The first-order valence-electron chi connectivity index (χ1n) is 10.5. The molecule has 0 saturated carbocycles. The van der Waals surface area contributed by atoms with Gasteiger partial charge in [-0.15, -0.1) is 0 Å². The monoisotopic (exact) mass is 415 g/mol. The Hall–Kier alpha value is -3.43. The number of carbonyl (C=O) groups is 2. The molecule has 31 heavy (non-hydrogen) atoms. The number of hydrogen-bond donors (Lipinski definition) is 2. The van der Waals surface area contributed by atoms with Crippen LogP contribution in [0.25, 0.3) is 5.57 Å². The van der Waals surface area contributed by atoms with E-state index in [4.69, 9.17) is 5.73 Å². The minimum Gasteiger partial charge on any atom is -0.478 e. The molecule has 0 bridgehead atoms. The number of aliphatic carboxylic acids is 1. The summed E-state index contributed by atoms with van der Waals surface area (Å²) in [6.07, 6.45) is 3.18. The molecular weight excluding hydrogens is 390 g/mol. The first kappa shape index (κ1) is 20.8. The second kappa shape index (κ2) is 8.37. The molecule has 158 valence electrons. The molecule has 0 radical (unpaired) electrons. The zero-order valence-electron chi connectivity index (χ0n) is 17.2. The van der Waals surface area contributed by atoms with E-state index in [1.165, 1.54) is 0 Å². The van der Waals surface area contributed by atoms with Crippen molar-refractivity contribution < 1.29 is 14.7 Å². The van der Waals surface area contributed by atoms with Gasteiger partial charge >= 0.3 is 5.97 Å². The van der Waals surface area contributed by atoms with Crippen LogP contribution in [0.2, 0.25) is 0 Å². The van der Waals surface area contributed by atoms with Crippen molar-refractivity contribution in [2.75, 3.05) is 13.1 Å². The van der Waals surface area contributed by atoms with Gasteiger partial charge < -0.3 is 10.8 Å². The lowest BCUT2D eigenvalue weighted by Gasteiger charge is -2.43. The number of hydrogen-bond acceptors (Lipinski definition) is 4. The third-order valence-corrected chi connectivity index (χ3v) is 6.67. The number of carboxylic acid groups (broad SMARTS) is 1. The molecule has 2 aromatic carbocycles. The average molecular weight is 415 g/mol. The van der Waals surface area contributed by atoms with E-state index in [9.17, 15) is 20.0 Å². The molecule has 6 nitrogen and oxygen atoms in total. The van der Waals surface area contributed by atoms with Crippen LogP contribution in [0, 0.1) is 11.3 Å². The molecule has 1 aliphatic carbocycles. The number of fused-ring (bicyclic) bond motifs is 1. The number of nitrogens with zero attached hydrogens (tertiary/aromatic N) is 2. The fourth-order valence-electron chi connectivity index (χ4n) is 5.05. The van der Waals surface area contributed by atoms with E-state index < -0.39 is 17.3 Å². The summed E-state index contributed by atoms with van der Waals surface area (Å²) in [5.74, 6) is -1.63. The van der Waals surface area contributed by atoms with Crippen molar-refractivity contribution in [3.63, 3.8) is 0 Å². The Kier molecular flexibility index (Phi) is 5.62. The predicted molar refractivity (Wildman–Crippen MR) is 117 cm³/mol. The van der Waals surface area contributed by atoms with Crippen LogP contribution in [0.3, 0.4) is 0 Å². The number of amides is 1. The topological polar surface area (TPSA) is 107 Å². The van der Waals surface area contributed by atoms with E-state index in [1.807, 2.05) is 54.6 Å². The third-order valence-electron chi connectivity index (χ3n) is 6.67. The van der Waals surface area contributed by atoms with Crippen molar-refractivity contribution in [2.45, 2.75) is 36.6 Å². The fraction of sp³-hybridized carbons (Fsp3) is 0.320. The summed E-state index contributed by atoms with van der Waals surface area (Å²) in [5.41, 5.74) is 7.93. The number of nitriles is 1. The van der Waals surface area contributed by atoms with E-state index in [0.717, 1.165) is 11.1 Å². The van der Waals surface area contributed by atoms with Gasteiger partial charge in [0.2, 0.25) is 5.91 Å². The van der Waals surface area contributed by atoms with E-state index in [2.05, 4.69) is 11.0 Å². The lowest BCUT2D eigenvalue weighted by molar-refractivity contribution is -0.130. The lowest BCUT2D eigenvalue weighted by Crippen LogP contribution is -2.49. The highest BCUT2D eigenvalue weighted by Gasteiger charge is 2.41. The van der Waals surface area contributed by atoms with E-state index in [0.29, 0.717) is 31.5 Å². The molecular formula is C25H25N3O3. The molecule has 6 heteroatoms. The quantitative estimate of drug-likeness (QED) is 0.754. The maximum atomic E-state index is 11.9. The summed E-state index contributed by atoms with van der Waals surface area (Å²) >= 11 is 0. The zero-order valence-corrected chi connectivity index (χ0v) is 17.2. The molecule has 0 aromatic heterocycles. The summed E-state index contributed by atoms with van der Waals surface area (Å²) in [6.45, 7) is 1.27. The van der Waals surface area contributed by atoms with E-state index >= 15 is 0 Å². The minimum absolute atomic E-state index is 0.132. The molecule has 3 N–H and O–H groups in total. The summed E-state index contributed by atoms with van der Waals surface area (Å²) in [5, 5.41) is 19.7. The second-order valence-electron chi connectivity index (χ2n) is 8.33. The smallest absolute Gasteiger partial charge is 0.336 e. The molecule has 1 heterocycles. The largest absolute Gasteiger partial charge is 0.478 e. The number of carbonyl (C=O) groups excluding carboxylic acids is 1. The van der Waals surface area contributed by atoms with Crippen molar-refractivity contribution >= 4 is 17.4 Å². The van der Waals surface area contributed by atoms with Gasteiger partial charge in [0.15, 0.2) is 0 Å². The third kappa shape index (κ3) is 3.85. The summed E-state index contributed by atoms with van der Waals surface area (Å²) < 4.78 is 0. The normalized spacial score (nSPS) is 20.9. The maximum absolute atomic E-state index is 11.9. The Balaban J connectivity index is 1.63. The Labute approximate surface area is 181 Å². The van der Waals surface area contributed by atoms with Crippen molar-refractivity contribution in [1.82, 2.24) is 4.90 Å². The van der Waals surface area contributed by atoms with Gasteiger partial charge in [-0.1, -0.05) is 60.7 Å². The molecule has 4 rings (SSSR count). The highest BCUT2D eigenvalue weighted by molar-refractivity contribution is 6.17. The number of carboxylic acids is 1. The highest BCUT2D eigenvalue weighted by atomic mass is 16.4. The van der Waals surface area contributed by atoms with Crippen molar-refractivity contribution in [2.24, 2.45) is 5.73 Å². The van der Waals surface area contributed by atoms with Crippen LogP contribution < -0.4 is 5.73 Å². The van der Waals surface area contributed by atoms with Crippen LogP contribution in [0.5, 0.6) is 0 Å². The first-order valence-corrected chi connectivity index (χ1v) is 10.5. The van der Waals surface area contributed by atoms with Crippen LogP contribution in [0.4, 0.5) is 0 Å². The van der Waals surface area contributed by atoms with Crippen LogP contribution in [-0.2, 0) is 15.0 Å². The number of primary amides is 1. The van der Waals surface area contributed by atoms with Gasteiger partial charge in [-0.2, -0.15) is 5.26 Å². The number of likely N-dealkylation sites (tertiary alicyclic amines) is 1. The number of benzene rings is 2. The molecule has 2 unspecified atom stereocenters. The van der Waals surface area contributed by atoms with Crippen LogP contribution >= 0.6 is 0 Å². The van der Waals surface area contributed by atoms with Crippen LogP contribution in [0.15, 0.2) is 60.7 Å². The number of nitrogens with two attached hydrogens (primary N) is 1. The van der Waals surface area contributed by atoms with E-state index in [-0.39, 0.29) is 24.0 Å². The Morgan fingerprint density at radius 1 is 1.13 bits per heavy atom. The molecule has 2 aliphatic rings. The Morgan fingerprint density at radius 3 is 2.39 bits per heavy atom. The second-order valence-corrected chi connectivity index (χ2v) is 8.33. The van der Waals surface area contributed by atoms with Gasteiger partial charge in [0.05, 0.1) is 17.1 Å².